The van der Waals surface area contributed by atoms with Gasteiger partial charge in [0, 0.05) is 13.1 Å². The molecule has 0 radical (unpaired) electrons. The van der Waals surface area contributed by atoms with Crippen LogP contribution in [0, 0.1) is 5.92 Å². The third kappa shape index (κ3) is 2.90. The number of rotatable bonds is 6. The van der Waals surface area contributed by atoms with Gasteiger partial charge in [0.25, 0.3) is 0 Å². The van der Waals surface area contributed by atoms with Gasteiger partial charge >= 0.3 is 12.0 Å². The van der Waals surface area contributed by atoms with Gasteiger partial charge in [0.2, 0.25) is 0 Å². The number of hydrogen-bond acceptors (Lipinski definition) is 3. The van der Waals surface area contributed by atoms with Crippen LogP contribution in [0.3, 0.4) is 0 Å². The quantitative estimate of drug-likeness (QED) is 0.835. The van der Waals surface area contributed by atoms with Crippen molar-refractivity contribution in [1.29, 1.82) is 0 Å². The van der Waals surface area contributed by atoms with E-state index in [0.29, 0.717) is 12.5 Å². The van der Waals surface area contributed by atoms with E-state index in [1.165, 1.54) is 29.7 Å². The van der Waals surface area contributed by atoms with Crippen LogP contribution in [0.1, 0.15) is 37.7 Å². The molecule has 146 valence electrons. The number of carboxylic acids is 1. The average Bonchev–Trinajstić information content (AvgIpc) is 2.81. The number of aliphatic carboxylic acids is 1. The largest absolute Gasteiger partial charge is 0.480 e. The molecule has 1 spiro atoms. The molecule has 0 unspecified atom stereocenters. The monoisotopic (exact) mass is 371 g/mol. The molecule has 1 N–H and O–H groups in total. The fraction of sp³-hybridized carbons (Fsp3) is 0.619. The normalized spacial score (nSPS) is 30.7. The zero-order chi connectivity index (χ0) is 19.2. The van der Waals surface area contributed by atoms with Crippen molar-refractivity contribution in [3.05, 3.63) is 35.9 Å². The number of nitrogens with zero attached hydrogens (tertiary/aromatic N) is 3. The van der Waals surface area contributed by atoms with Gasteiger partial charge in [0.05, 0.1) is 11.1 Å². The summed E-state index contributed by atoms with van der Waals surface area (Å²) in [6.45, 7) is 1.09. The van der Waals surface area contributed by atoms with E-state index >= 15 is 0 Å². The molecule has 6 heteroatoms. The molecule has 2 saturated carbocycles. The summed E-state index contributed by atoms with van der Waals surface area (Å²) >= 11 is 0. The lowest BCUT2D eigenvalue weighted by molar-refractivity contribution is -0.137. The number of hydrogen-bond donors (Lipinski definition) is 1. The summed E-state index contributed by atoms with van der Waals surface area (Å²) < 4.78 is 0. The number of carbonyl (C=O) groups excluding carboxylic acids is 1. The fourth-order valence-corrected chi connectivity index (χ4v) is 5.24. The molecule has 4 rings (SSSR count). The highest BCUT2D eigenvalue weighted by Crippen LogP contribution is 2.57. The smallest absolute Gasteiger partial charge is 0.323 e. The molecule has 0 aromatic heterocycles. The highest BCUT2D eigenvalue weighted by Gasteiger charge is 2.64. The van der Waals surface area contributed by atoms with Gasteiger partial charge in [-0.3, -0.25) is 9.69 Å². The number of carbonyl (C=O) groups is 2. The van der Waals surface area contributed by atoms with Crippen LogP contribution in [0.15, 0.2) is 30.3 Å². The third-order valence-corrected chi connectivity index (χ3v) is 6.96. The molecule has 1 aromatic carbocycles. The van der Waals surface area contributed by atoms with Crippen molar-refractivity contribution in [2.75, 3.05) is 33.7 Å². The first kappa shape index (κ1) is 18.3. The van der Waals surface area contributed by atoms with Gasteiger partial charge in [-0.05, 0) is 51.3 Å². The fourth-order valence-electron chi connectivity index (χ4n) is 5.24. The molecule has 1 heterocycles. The van der Waals surface area contributed by atoms with Gasteiger partial charge in [0.1, 0.15) is 6.54 Å². The van der Waals surface area contributed by atoms with E-state index in [4.69, 9.17) is 0 Å². The Morgan fingerprint density at radius 1 is 1.22 bits per heavy atom. The Kier molecular flexibility index (Phi) is 4.41. The van der Waals surface area contributed by atoms with Crippen molar-refractivity contribution < 1.29 is 14.7 Å². The third-order valence-electron chi connectivity index (χ3n) is 6.96. The Labute approximate surface area is 160 Å². The van der Waals surface area contributed by atoms with E-state index < -0.39 is 5.97 Å². The SMILES string of the molecule is CN(C)[C@]1(c2ccccc2)C[C@@]2(CN(CC(=O)O)C(=O)N2CC2CCC2)C1. The molecule has 0 bridgehead atoms. The number of amides is 2. The van der Waals surface area contributed by atoms with Crippen molar-refractivity contribution in [1.82, 2.24) is 14.7 Å². The van der Waals surface area contributed by atoms with Crippen molar-refractivity contribution >= 4 is 12.0 Å². The zero-order valence-electron chi connectivity index (χ0n) is 16.2. The number of urea groups is 1. The van der Waals surface area contributed by atoms with Crippen LogP contribution < -0.4 is 0 Å². The lowest BCUT2D eigenvalue weighted by Crippen LogP contribution is -2.68. The van der Waals surface area contributed by atoms with Crippen molar-refractivity contribution in [3.8, 4) is 0 Å². The Bertz CT molecular complexity index is 723. The van der Waals surface area contributed by atoms with Gasteiger partial charge in [-0.15, -0.1) is 0 Å². The second-order valence-electron chi connectivity index (χ2n) is 8.81. The molecule has 0 atom stereocenters. The van der Waals surface area contributed by atoms with Crippen LogP contribution in [0.4, 0.5) is 4.79 Å². The Balaban J connectivity index is 1.61. The van der Waals surface area contributed by atoms with E-state index in [2.05, 4.69) is 43.3 Å². The molecular weight excluding hydrogens is 342 g/mol. The van der Waals surface area contributed by atoms with E-state index in [1.807, 2.05) is 11.0 Å². The van der Waals surface area contributed by atoms with Crippen LogP contribution in [0.5, 0.6) is 0 Å². The van der Waals surface area contributed by atoms with Crippen LogP contribution in [0.2, 0.25) is 0 Å². The first-order valence-corrected chi connectivity index (χ1v) is 9.88. The maximum Gasteiger partial charge on any atom is 0.323 e. The Hall–Kier alpha value is -2.08. The average molecular weight is 371 g/mol. The second kappa shape index (κ2) is 6.51. The molecule has 3 aliphatic rings. The topological polar surface area (TPSA) is 64.1 Å². The van der Waals surface area contributed by atoms with Crippen molar-refractivity contribution in [2.24, 2.45) is 5.92 Å². The van der Waals surface area contributed by atoms with Gasteiger partial charge < -0.3 is 14.9 Å². The minimum absolute atomic E-state index is 0.0929. The van der Waals surface area contributed by atoms with Gasteiger partial charge in [-0.1, -0.05) is 36.8 Å². The summed E-state index contributed by atoms with van der Waals surface area (Å²) in [6.07, 6.45) is 5.30. The first-order valence-electron chi connectivity index (χ1n) is 9.88. The second-order valence-corrected chi connectivity index (χ2v) is 8.81. The summed E-state index contributed by atoms with van der Waals surface area (Å²) in [6, 6.07) is 10.4. The van der Waals surface area contributed by atoms with E-state index in [-0.39, 0.29) is 23.7 Å². The van der Waals surface area contributed by atoms with Crippen molar-refractivity contribution in [3.63, 3.8) is 0 Å². The standard InChI is InChI=1S/C21H29N3O3/c1-22(2)21(17-9-4-3-5-10-17)13-20(14-21)15-23(12-18(25)26)19(27)24(20)11-16-7-6-8-16/h3-5,9-10,16H,6-8,11-15H2,1-2H3,(H,25,26)/t20-,21+. The molecule has 1 aliphatic heterocycles. The van der Waals surface area contributed by atoms with Crippen LogP contribution >= 0.6 is 0 Å². The summed E-state index contributed by atoms with van der Waals surface area (Å²) in [5.41, 5.74) is 0.925. The van der Waals surface area contributed by atoms with E-state index in [1.54, 1.807) is 0 Å². The molecular formula is C21H29N3O3. The molecule has 1 aromatic rings. The molecule has 6 nitrogen and oxygen atoms in total. The molecule has 3 fully saturated rings. The summed E-state index contributed by atoms with van der Waals surface area (Å²) in [4.78, 5) is 30.1. The lowest BCUT2D eigenvalue weighted by Gasteiger charge is -2.61. The predicted molar refractivity (Wildman–Crippen MR) is 102 cm³/mol. The van der Waals surface area contributed by atoms with E-state index in [9.17, 15) is 14.7 Å². The predicted octanol–water partition coefficient (Wildman–Crippen LogP) is 2.60. The molecule has 1 saturated heterocycles. The Morgan fingerprint density at radius 2 is 1.89 bits per heavy atom. The number of carboxylic acid groups (broad SMARTS) is 1. The van der Waals surface area contributed by atoms with Crippen LogP contribution in [0.25, 0.3) is 0 Å². The zero-order valence-corrected chi connectivity index (χ0v) is 16.2. The molecule has 27 heavy (non-hydrogen) atoms. The van der Waals surface area contributed by atoms with Crippen molar-refractivity contribution in [2.45, 2.75) is 43.2 Å². The minimum Gasteiger partial charge on any atom is -0.480 e. The summed E-state index contributed by atoms with van der Waals surface area (Å²) in [5, 5.41) is 9.23. The minimum atomic E-state index is -0.940. The summed E-state index contributed by atoms with van der Waals surface area (Å²) in [5.74, 6) is -0.369. The van der Waals surface area contributed by atoms with E-state index in [0.717, 1.165) is 19.4 Å². The van der Waals surface area contributed by atoms with Gasteiger partial charge in [0.15, 0.2) is 0 Å². The molecule has 2 aliphatic carbocycles. The number of benzene rings is 1. The van der Waals surface area contributed by atoms with Crippen LogP contribution in [-0.2, 0) is 10.3 Å². The summed E-state index contributed by atoms with van der Waals surface area (Å²) in [7, 11) is 4.20. The lowest BCUT2D eigenvalue weighted by atomic mass is 9.58. The van der Waals surface area contributed by atoms with Gasteiger partial charge in [-0.2, -0.15) is 0 Å². The van der Waals surface area contributed by atoms with Crippen LogP contribution in [-0.4, -0.2) is 71.1 Å². The highest BCUT2D eigenvalue weighted by molar-refractivity contribution is 5.83. The molecule has 2 amide bonds. The maximum absolute atomic E-state index is 13.0. The highest BCUT2D eigenvalue weighted by atomic mass is 16.4. The Morgan fingerprint density at radius 3 is 2.41 bits per heavy atom. The van der Waals surface area contributed by atoms with Gasteiger partial charge in [-0.25, -0.2) is 4.79 Å². The first-order chi connectivity index (χ1) is 12.9. The maximum atomic E-state index is 13.0.